The van der Waals surface area contributed by atoms with Crippen molar-refractivity contribution in [3.63, 3.8) is 0 Å². The van der Waals surface area contributed by atoms with Crippen molar-refractivity contribution in [1.29, 1.82) is 0 Å². The molecule has 0 aromatic heterocycles. The van der Waals surface area contributed by atoms with Gasteiger partial charge in [-0.1, -0.05) is 19.1 Å². The van der Waals surface area contributed by atoms with Gasteiger partial charge < -0.3 is 10.1 Å². The van der Waals surface area contributed by atoms with Crippen LogP contribution in [0.5, 0.6) is 0 Å². The van der Waals surface area contributed by atoms with E-state index in [-0.39, 0.29) is 5.82 Å². The summed E-state index contributed by atoms with van der Waals surface area (Å²) in [5.74, 6) is 0.563. The summed E-state index contributed by atoms with van der Waals surface area (Å²) in [5, 5.41) is 3.59. The highest BCUT2D eigenvalue weighted by Gasteiger charge is 2.31. The second-order valence-electron chi connectivity index (χ2n) is 5.29. The SMILES string of the molecule is CCCOCCCNC(c1ccc(F)cc1)C1CC1. The Hall–Kier alpha value is -0.930. The van der Waals surface area contributed by atoms with E-state index in [4.69, 9.17) is 4.74 Å². The molecule has 0 amide bonds. The highest BCUT2D eigenvalue weighted by atomic mass is 19.1. The molecule has 19 heavy (non-hydrogen) atoms. The lowest BCUT2D eigenvalue weighted by Gasteiger charge is -2.19. The molecule has 1 aliphatic rings. The molecule has 0 spiro atoms. The number of benzene rings is 1. The van der Waals surface area contributed by atoms with E-state index in [0.717, 1.165) is 38.5 Å². The number of rotatable bonds is 9. The predicted octanol–water partition coefficient (Wildman–Crippen LogP) is 3.68. The fraction of sp³-hybridized carbons (Fsp3) is 0.625. The lowest BCUT2D eigenvalue weighted by molar-refractivity contribution is 0.131. The third-order valence-electron chi connectivity index (χ3n) is 3.50. The summed E-state index contributed by atoms with van der Waals surface area (Å²) in [6.45, 7) is 4.75. The molecule has 1 aromatic rings. The van der Waals surface area contributed by atoms with E-state index in [1.54, 1.807) is 12.1 Å². The highest BCUT2D eigenvalue weighted by molar-refractivity contribution is 5.21. The molecule has 3 heteroatoms. The van der Waals surface area contributed by atoms with Gasteiger partial charge in [-0.25, -0.2) is 4.39 Å². The van der Waals surface area contributed by atoms with E-state index >= 15 is 0 Å². The van der Waals surface area contributed by atoms with E-state index in [2.05, 4.69) is 12.2 Å². The first-order valence-electron chi connectivity index (χ1n) is 7.38. The van der Waals surface area contributed by atoms with Crippen LogP contribution >= 0.6 is 0 Å². The van der Waals surface area contributed by atoms with Crippen LogP contribution in [0.4, 0.5) is 4.39 Å². The van der Waals surface area contributed by atoms with Crippen molar-refractivity contribution in [1.82, 2.24) is 5.32 Å². The van der Waals surface area contributed by atoms with Crippen LogP contribution in [0.25, 0.3) is 0 Å². The normalized spacial score (nSPS) is 16.5. The van der Waals surface area contributed by atoms with Crippen LogP contribution < -0.4 is 5.32 Å². The molecule has 1 atom stereocenters. The van der Waals surface area contributed by atoms with Crippen molar-refractivity contribution in [2.45, 2.75) is 38.6 Å². The predicted molar refractivity (Wildman–Crippen MR) is 75.6 cm³/mol. The van der Waals surface area contributed by atoms with Gasteiger partial charge in [0.05, 0.1) is 0 Å². The summed E-state index contributed by atoms with van der Waals surface area (Å²) >= 11 is 0. The van der Waals surface area contributed by atoms with Crippen molar-refractivity contribution in [3.05, 3.63) is 35.6 Å². The largest absolute Gasteiger partial charge is 0.381 e. The van der Waals surface area contributed by atoms with Crippen molar-refractivity contribution in [3.8, 4) is 0 Å². The van der Waals surface area contributed by atoms with Gasteiger partial charge in [-0.2, -0.15) is 0 Å². The number of nitrogens with one attached hydrogen (secondary N) is 1. The molecular formula is C16H24FNO. The molecule has 0 bridgehead atoms. The molecule has 1 saturated carbocycles. The average Bonchev–Trinajstić information content (AvgIpc) is 3.24. The van der Waals surface area contributed by atoms with E-state index in [9.17, 15) is 4.39 Å². The van der Waals surface area contributed by atoms with Gasteiger partial charge in [0.15, 0.2) is 0 Å². The van der Waals surface area contributed by atoms with Gasteiger partial charge in [-0.15, -0.1) is 0 Å². The summed E-state index contributed by atoms with van der Waals surface area (Å²) in [6, 6.07) is 7.29. The van der Waals surface area contributed by atoms with Gasteiger partial charge >= 0.3 is 0 Å². The molecule has 106 valence electrons. The smallest absolute Gasteiger partial charge is 0.123 e. The van der Waals surface area contributed by atoms with Gasteiger partial charge in [0.2, 0.25) is 0 Å². The van der Waals surface area contributed by atoms with Crippen LogP contribution in [0.2, 0.25) is 0 Å². The topological polar surface area (TPSA) is 21.3 Å². The Morgan fingerprint density at radius 2 is 2.00 bits per heavy atom. The number of halogens is 1. The molecule has 1 unspecified atom stereocenters. The third kappa shape index (κ3) is 4.92. The Morgan fingerprint density at radius 3 is 2.63 bits per heavy atom. The van der Waals surface area contributed by atoms with Crippen LogP contribution in [0.3, 0.4) is 0 Å². The van der Waals surface area contributed by atoms with Gasteiger partial charge in [-0.05, 0) is 55.8 Å². The summed E-state index contributed by atoms with van der Waals surface area (Å²) < 4.78 is 18.4. The molecule has 1 fully saturated rings. The fourth-order valence-electron chi connectivity index (χ4n) is 2.33. The van der Waals surface area contributed by atoms with Crippen LogP contribution in [-0.2, 0) is 4.74 Å². The molecule has 0 aliphatic heterocycles. The minimum atomic E-state index is -0.161. The molecule has 1 aliphatic carbocycles. The zero-order valence-electron chi connectivity index (χ0n) is 11.7. The Kier molecular flexibility index (Phi) is 5.80. The second kappa shape index (κ2) is 7.61. The average molecular weight is 265 g/mol. The number of ether oxygens (including phenoxy) is 1. The number of hydrogen-bond acceptors (Lipinski definition) is 2. The minimum absolute atomic E-state index is 0.161. The Labute approximate surface area is 115 Å². The summed E-state index contributed by atoms with van der Waals surface area (Å²) in [7, 11) is 0. The van der Waals surface area contributed by atoms with Crippen LogP contribution in [0.15, 0.2) is 24.3 Å². The molecule has 1 aromatic carbocycles. The van der Waals surface area contributed by atoms with Crippen LogP contribution in [0.1, 0.15) is 44.2 Å². The van der Waals surface area contributed by atoms with Crippen LogP contribution in [-0.4, -0.2) is 19.8 Å². The minimum Gasteiger partial charge on any atom is -0.381 e. The van der Waals surface area contributed by atoms with Crippen molar-refractivity contribution < 1.29 is 9.13 Å². The van der Waals surface area contributed by atoms with Crippen LogP contribution in [0, 0.1) is 11.7 Å². The van der Waals surface area contributed by atoms with E-state index in [1.807, 2.05) is 12.1 Å². The zero-order chi connectivity index (χ0) is 13.5. The zero-order valence-corrected chi connectivity index (χ0v) is 11.7. The standard InChI is InChI=1S/C16H24FNO/c1-2-11-19-12-3-10-18-16(13-4-5-13)14-6-8-15(17)9-7-14/h6-9,13,16,18H,2-5,10-12H2,1H3. The summed E-state index contributed by atoms with van der Waals surface area (Å²) in [5.41, 5.74) is 1.21. The van der Waals surface area contributed by atoms with Gasteiger partial charge in [-0.3, -0.25) is 0 Å². The van der Waals surface area contributed by atoms with E-state index in [1.165, 1.54) is 18.4 Å². The summed E-state index contributed by atoms with van der Waals surface area (Å²) in [6.07, 6.45) is 4.67. The monoisotopic (exact) mass is 265 g/mol. The van der Waals surface area contributed by atoms with Gasteiger partial charge in [0, 0.05) is 19.3 Å². The van der Waals surface area contributed by atoms with Gasteiger partial charge in [0.1, 0.15) is 5.82 Å². The highest BCUT2D eigenvalue weighted by Crippen LogP contribution is 2.40. The molecule has 0 heterocycles. The first-order chi connectivity index (χ1) is 9.31. The maximum absolute atomic E-state index is 13.0. The van der Waals surface area contributed by atoms with Crippen molar-refractivity contribution >= 4 is 0 Å². The first-order valence-corrected chi connectivity index (χ1v) is 7.38. The van der Waals surface area contributed by atoms with E-state index < -0.39 is 0 Å². The van der Waals surface area contributed by atoms with E-state index in [0.29, 0.717) is 6.04 Å². The maximum Gasteiger partial charge on any atom is 0.123 e. The number of hydrogen-bond donors (Lipinski definition) is 1. The molecule has 0 saturated heterocycles. The third-order valence-corrected chi connectivity index (χ3v) is 3.50. The fourth-order valence-corrected chi connectivity index (χ4v) is 2.33. The van der Waals surface area contributed by atoms with Gasteiger partial charge in [0.25, 0.3) is 0 Å². The Morgan fingerprint density at radius 1 is 1.26 bits per heavy atom. The molecule has 0 radical (unpaired) electrons. The Balaban J connectivity index is 1.75. The van der Waals surface area contributed by atoms with Crippen molar-refractivity contribution in [2.24, 2.45) is 5.92 Å². The van der Waals surface area contributed by atoms with Crippen molar-refractivity contribution in [2.75, 3.05) is 19.8 Å². The first kappa shape index (κ1) is 14.5. The lowest BCUT2D eigenvalue weighted by atomic mass is 10.0. The quantitative estimate of drug-likeness (QED) is 0.688. The second-order valence-corrected chi connectivity index (χ2v) is 5.29. The maximum atomic E-state index is 13.0. The molecular weight excluding hydrogens is 241 g/mol. The Bertz CT molecular complexity index is 362. The molecule has 1 N–H and O–H groups in total. The molecule has 2 rings (SSSR count). The lowest BCUT2D eigenvalue weighted by Crippen LogP contribution is -2.25. The summed E-state index contributed by atoms with van der Waals surface area (Å²) in [4.78, 5) is 0. The molecule has 2 nitrogen and oxygen atoms in total.